The summed E-state index contributed by atoms with van der Waals surface area (Å²) < 4.78 is 7.36. The molecular formula is C27H25Br2N3O2S. The fourth-order valence-corrected chi connectivity index (χ4v) is 6.25. The minimum atomic E-state index is -0.325. The van der Waals surface area contributed by atoms with Gasteiger partial charge in [0.15, 0.2) is 0 Å². The number of carbonyl (C=O) groups excluding carboxylic acids is 1. The molecule has 2 heterocycles. The molecule has 1 aromatic heterocycles. The van der Waals surface area contributed by atoms with Crippen LogP contribution in [0.1, 0.15) is 58.7 Å². The quantitative estimate of drug-likeness (QED) is 0.274. The molecule has 0 radical (unpaired) electrons. The van der Waals surface area contributed by atoms with Gasteiger partial charge in [0.2, 0.25) is 5.13 Å². The van der Waals surface area contributed by atoms with Gasteiger partial charge in [-0.15, -0.1) is 0 Å². The van der Waals surface area contributed by atoms with E-state index in [0.717, 1.165) is 39.1 Å². The van der Waals surface area contributed by atoms with Crippen LogP contribution < -0.4 is 5.01 Å². The Bertz CT molecular complexity index is 1300. The Labute approximate surface area is 226 Å². The zero-order valence-electron chi connectivity index (χ0n) is 19.5. The third kappa shape index (κ3) is 5.01. The van der Waals surface area contributed by atoms with Crippen LogP contribution in [0.25, 0.3) is 6.08 Å². The van der Waals surface area contributed by atoms with Gasteiger partial charge in [-0.1, -0.05) is 67.5 Å². The highest BCUT2D eigenvalue weighted by molar-refractivity contribution is 9.10. The van der Waals surface area contributed by atoms with Crippen molar-refractivity contribution in [3.8, 4) is 0 Å². The maximum atomic E-state index is 12.5. The molecule has 5 nitrogen and oxygen atoms in total. The van der Waals surface area contributed by atoms with E-state index in [0.29, 0.717) is 17.2 Å². The predicted octanol–water partition coefficient (Wildman–Crippen LogP) is 7.95. The summed E-state index contributed by atoms with van der Waals surface area (Å²) in [5.41, 5.74) is 5.43. The number of carbonyl (C=O) groups is 1. The molecule has 0 amide bonds. The van der Waals surface area contributed by atoms with Gasteiger partial charge in [-0.05, 0) is 80.2 Å². The number of benzene rings is 2. The number of ether oxygens (including phenoxy) is 1. The molecule has 1 saturated carbocycles. The van der Waals surface area contributed by atoms with E-state index in [1.807, 2.05) is 18.9 Å². The van der Waals surface area contributed by atoms with Crippen LogP contribution in [0.5, 0.6) is 0 Å². The number of fused-ring (bicyclic) bond motifs is 1. The minimum absolute atomic E-state index is 0.0207. The lowest BCUT2D eigenvalue weighted by Gasteiger charge is -2.29. The number of anilines is 1. The number of esters is 1. The average Bonchev–Trinajstić information content (AvgIpc) is 3.43. The molecule has 0 N–H and O–H groups in total. The summed E-state index contributed by atoms with van der Waals surface area (Å²) in [4.78, 5) is 17.8. The Morgan fingerprint density at radius 2 is 1.83 bits per heavy atom. The SMILES string of the molecule is CCOC(=O)c1sc(N2N=C3/C(=C\c4ccc(Br)cc4)CCC[C@@H]3[C@@H]2c2ccc(Br)cc2)nc1C. The van der Waals surface area contributed by atoms with Gasteiger partial charge < -0.3 is 4.74 Å². The predicted molar refractivity (Wildman–Crippen MR) is 149 cm³/mol. The summed E-state index contributed by atoms with van der Waals surface area (Å²) in [6, 6.07) is 16.8. The average molecular weight is 615 g/mol. The van der Waals surface area contributed by atoms with Crippen molar-refractivity contribution < 1.29 is 9.53 Å². The van der Waals surface area contributed by atoms with Crippen LogP contribution in [-0.2, 0) is 4.74 Å². The molecule has 1 aliphatic heterocycles. The topological polar surface area (TPSA) is 54.8 Å². The van der Waals surface area contributed by atoms with E-state index >= 15 is 0 Å². The van der Waals surface area contributed by atoms with Gasteiger partial charge in [-0.3, -0.25) is 0 Å². The van der Waals surface area contributed by atoms with Crippen molar-refractivity contribution >= 4 is 66.1 Å². The Kier molecular flexibility index (Phi) is 7.23. The first-order valence-corrected chi connectivity index (χ1v) is 14.1. The van der Waals surface area contributed by atoms with E-state index in [2.05, 4.69) is 86.5 Å². The second-order valence-corrected chi connectivity index (χ2v) is 11.5. The van der Waals surface area contributed by atoms with Crippen LogP contribution in [0.15, 0.2) is 68.2 Å². The van der Waals surface area contributed by atoms with Crippen molar-refractivity contribution in [1.29, 1.82) is 0 Å². The molecule has 2 aliphatic rings. The molecule has 0 spiro atoms. The van der Waals surface area contributed by atoms with Gasteiger partial charge in [0.05, 0.1) is 24.1 Å². The van der Waals surface area contributed by atoms with Gasteiger partial charge in [-0.2, -0.15) is 5.10 Å². The lowest BCUT2D eigenvalue weighted by atomic mass is 9.77. The van der Waals surface area contributed by atoms with E-state index in [-0.39, 0.29) is 17.9 Å². The molecule has 1 fully saturated rings. The Morgan fingerprint density at radius 3 is 2.51 bits per heavy atom. The van der Waals surface area contributed by atoms with Crippen LogP contribution in [0.3, 0.4) is 0 Å². The highest BCUT2D eigenvalue weighted by atomic mass is 79.9. The first-order chi connectivity index (χ1) is 16.9. The Balaban J connectivity index is 1.58. The summed E-state index contributed by atoms with van der Waals surface area (Å²) in [6.07, 6.45) is 5.43. The maximum Gasteiger partial charge on any atom is 0.350 e. The molecule has 0 unspecified atom stereocenters. The summed E-state index contributed by atoms with van der Waals surface area (Å²) in [7, 11) is 0. The minimum Gasteiger partial charge on any atom is -0.462 e. The van der Waals surface area contributed by atoms with Crippen LogP contribution in [0.4, 0.5) is 5.13 Å². The summed E-state index contributed by atoms with van der Waals surface area (Å²) in [5, 5.41) is 7.93. The highest BCUT2D eigenvalue weighted by Gasteiger charge is 2.43. The molecule has 0 saturated heterocycles. The molecular weight excluding hydrogens is 590 g/mol. The maximum absolute atomic E-state index is 12.5. The second-order valence-electron chi connectivity index (χ2n) is 8.68. The van der Waals surface area contributed by atoms with Crippen LogP contribution >= 0.6 is 43.2 Å². The van der Waals surface area contributed by atoms with Crippen LogP contribution in [-0.4, -0.2) is 23.3 Å². The van der Waals surface area contributed by atoms with Crippen molar-refractivity contribution in [2.75, 3.05) is 11.6 Å². The fraction of sp³-hybridized carbons (Fsp3) is 0.296. The number of halogens is 2. The first-order valence-electron chi connectivity index (χ1n) is 11.7. The second kappa shape index (κ2) is 10.4. The van der Waals surface area contributed by atoms with Crippen LogP contribution in [0.2, 0.25) is 0 Å². The Morgan fingerprint density at radius 1 is 1.14 bits per heavy atom. The monoisotopic (exact) mass is 613 g/mol. The summed E-state index contributed by atoms with van der Waals surface area (Å²) in [6.45, 7) is 4.01. The highest BCUT2D eigenvalue weighted by Crippen LogP contribution is 2.47. The largest absolute Gasteiger partial charge is 0.462 e. The van der Waals surface area contributed by atoms with E-state index in [4.69, 9.17) is 14.8 Å². The van der Waals surface area contributed by atoms with Gasteiger partial charge in [0.25, 0.3) is 0 Å². The number of aryl methyl sites for hydroxylation is 1. The van der Waals surface area contributed by atoms with Crippen molar-refractivity contribution in [2.24, 2.45) is 11.0 Å². The lowest BCUT2D eigenvalue weighted by molar-refractivity contribution is 0.0531. The normalized spacial score (nSPS) is 20.6. The third-order valence-electron chi connectivity index (χ3n) is 6.37. The lowest BCUT2D eigenvalue weighted by Crippen LogP contribution is -2.28. The van der Waals surface area contributed by atoms with Crippen molar-refractivity contribution in [3.05, 3.63) is 84.7 Å². The van der Waals surface area contributed by atoms with Gasteiger partial charge >= 0.3 is 5.97 Å². The molecule has 35 heavy (non-hydrogen) atoms. The van der Waals surface area contributed by atoms with E-state index in [1.165, 1.54) is 28.0 Å². The molecule has 1 aliphatic carbocycles. The molecule has 2 aromatic carbocycles. The number of aromatic nitrogens is 1. The molecule has 0 bridgehead atoms. The standard InChI is InChI=1S/C27H25Br2N3O2S/c1-3-34-26(33)25-16(2)30-27(35-25)32-24(18-9-13-21(29)14-10-18)22-6-4-5-19(23(22)31-32)15-17-7-11-20(28)12-8-17/h7-15,22,24H,3-6H2,1-2H3/b19-15-/t22-,24-/m0/s1. The zero-order chi connectivity index (χ0) is 24.5. The van der Waals surface area contributed by atoms with Gasteiger partial charge in [0.1, 0.15) is 4.88 Å². The van der Waals surface area contributed by atoms with Crippen LogP contribution in [0, 0.1) is 12.8 Å². The number of nitrogens with zero attached hydrogens (tertiary/aromatic N) is 3. The molecule has 2 atom stereocenters. The van der Waals surface area contributed by atoms with Crippen molar-refractivity contribution in [2.45, 2.75) is 39.2 Å². The molecule has 180 valence electrons. The molecule has 8 heteroatoms. The summed E-state index contributed by atoms with van der Waals surface area (Å²) in [5.74, 6) is -0.0732. The Hall–Kier alpha value is -2.29. The first kappa shape index (κ1) is 24.4. The number of hydrazone groups is 1. The van der Waals surface area contributed by atoms with Gasteiger partial charge in [-0.25, -0.2) is 14.8 Å². The van der Waals surface area contributed by atoms with Gasteiger partial charge in [0, 0.05) is 14.9 Å². The zero-order valence-corrected chi connectivity index (χ0v) is 23.5. The summed E-state index contributed by atoms with van der Waals surface area (Å²) >= 11 is 8.44. The van der Waals surface area contributed by atoms with E-state index in [1.54, 1.807) is 0 Å². The molecule has 3 aromatic rings. The third-order valence-corrected chi connectivity index (χ3v) is 8.55. The number of hydrogen-bond acceptors (Lipinski definition) is 6. The van der Waals surface area contributed by atoms with Crippen molar-refractivity contribution in [3.63, 3.8) is 0 Å². The number of allylic oxidation sites excluding steroid dienone is 1. The number of rotatable bonds is 5. The molecule has 5 rings (SSSR count). The smallest absolute Gasteiger partial charge is 0.350 e. The number of hydrogen-bond donors (Lipinski definition) is 0. The van der Waals surface area contributed by atoms with E-state index in [9.17, 15) is 4.79 Å². The number of thiazole rings is 1. The fourth-order valence-electron chi connectivity index (χ4n) is 4.78. The van der Waals surface area contributed by atoms with E-state index < -0.39 is 0 Å². The van der Waals surface area contributed by atoms with Crippen molar-refractivity contribution in [1.82, 2.24) is 4.98 Å².